The van der Waals surface area contributed by atoms with E-state index in [1.54, 1.807) is 18.3 Å². The van der Waals surface area contributed by atoms with E-state index in [4.69, 9.17) is 0 Å². The lowest BCUT2D eigenvalue weighted by Crippen LogP contribution is -2.21. The average Bonchev–Trinajstić information content (AvgIpc) is 3.05. The van der Waals surface area contributed by atoms with Crippen LogP contribution in [0, 0.1) is 0 Å². The first kappa shape index (κ1) is 14.9. The summed E-state index contributed by atoms with van der Waals surface area (Å²) in [4.78, 5) is 5.83. The van der Waals surface area contributed by atoms with Gasteiger partial charge in [0.2, 0.25) is 0 Å². The molecule has 0 saturated heterocycles. The number of aromatic nitrogens is 1. The van der Waals surface area contributed by atoms with Crippen LogP contribution in [0.15, 0.2) is 0 Å². The molecule has 1 heterocycles. The second-order valence-electron chi connectivity index (χ2n) is 5.64. The lowest BCUT2D eigenvalue weighted by molar-refractivity contribution is 0.590. The van der Waals surface area contributed by atoms with Gasteiger partial charge in [-0.2, -0.15) is 0 Å². The lowest BCUT2D eigenvalue weighted by Gasteiger charge is -2.07. The number of nitrogens with zero attached hydrogens (tertiary/aromatic N) is 1. The van der Waals surface area contributed by atoms with Gasteiger partial charge in [0.1, 0.15) is 10.3 Å². The number of hydrogen-bond donors (Lipinski definition) is 1. The molecule has 108 valence electrons. The Kier molecular flexibility index (Phi) is 4.32. The summed E-state index contributed by atoms with van der Waals surface area (Å²) in [5.41, 5.74) is 1.13. The molecule has 1 N–H and O–H groups in total. The minimum Gasteiger partial charge on any atom is -0.310 e. The summed E-state index contributed by atoms with van der Waals surface area (Å²) < 4.78 is 23.3. The van der Waals surface area contributed by atoms with Crippen LogP contribution in [0.1, 0.15) is 60.4 Å². The van der Waals surface area contributed by atoms with Crippen LogP contribution in [0.2, 0.25) is 0 Å². The first-order valence-corrected chi connectivity index (χ1v) is 9.48. The van der Waals surface area contributed by atoms with Crippen molar-refractivity contribution in [3.8, 4) is 0 Å². The van der Waals surface area contributed by atoms with Crippen molar-refractivity contribution >= 4 is 21.2 Å². The van der Waals surface area contributed by atoms with Crippen molar-refractivity contribution in [2.24, 2.45) is 0 Å². The molecule has 0 radical (unpaired) electrons. The number of rotatable bonds is 6. The van der Waals surface area contributed by atoms with Crippen LogP contribution in [-0.4, -0.2) is 25.7 Å². The van der Waals surface area contributed by atoms with Crippen LogP contribution in [0.5, 0.6) is 0 Å². The van der Waals surface area contributed by atoms with Crippen LogP contribution in [-0.2, 0) is 16.4 Å². The monoisotopic (exact) mass is 302 g/mol. The number of hydrogen-bond acceptors (Lipinski definition) is 5. The molecule has 1 unspecified atom stereocenters. The van der Waals surface area contributed by atoms with Gasteiger partial charge in [0.15, 0.2) is 9.84 Å². The Balaban J connectivity index is 2.24. The smallest absolute Gasteiger partial charge is 0.156 e. The average molecular weight is 302 g/mol. The first-order valence-electron chi connectivity index (χ1n) is 6.70. The predicted octanol–water partition coefficient (Wildman–Crippen LogP) is 2.62. The highest BCUT2D eigenvalue weighted by Crippen LogP contribution is 2.43. The van der Waals surface area contributed by atoms with E-state index in [0.717, 1.165) is 17.2 Å². The maximum absolute atomic E-state index is 11.7. The Labute approximate surface area is 119 Å². The van der Waals surface area contributed by atoms with Crippen LogP contribution >= 0.6 is 11.3 Å². The summed E-state index contributed by atoms with van der Waals surface area (Å²) >= 11 is 1.55. The Morgan fingerprint density at radius 3 is 2.47 bits per heavy atom. The molecule has 19 heavy (non-hydrogen) atoms. The van der Waals surface area contributed by atoms with Gasteiger partial charge in [0.25, 0.3) is 0 Å². The molecule has 1 saturated carbocycles. The molecular formula is C13H22N2O2S2. The number of sulfone groups is 1. The molecule has 0 aliphatic heterocycles. The third-order valence-corrected chi connectivity index (χ3v) is 6.28. The van der Waals surface area contributed by atoms with Crippen molar-refractivity contribution in [2.75, 3.05) is 6.26 Å². The SMILES string of the molecule is CC(C)NCc1sc(C(C)S(C)(=O)=O)nc1C1CC1. The summed E-state index contributed by atoms with van der Waals surface area (Å²) in [7, 11) is -3.07. The minimum atomic E-state index is -3.07. The van der Waals surface area contributed by atoms with Crippen molar-refractivity contribution in [2.45, 2.75) is 57.4 Å². The molecule has 4 nitrogen and oxygen atoms in total. The first-order chi connectivity index (χ1) is 8.79. The van der Waals surface area contributed by atoms with E-state index >= 15 is 0 Å². The zero-order chi connectivity index (χ0) is 14.2. The van der Waals surface area contributed by atoms with Gasteiger partial charge < -0.3 is 5.32 Å². The quantitative estimate of drug-likeness (QED) is 0.877. The molecule has 1 atom stereocenters. The second kappa shape index (κ2) is 5.50. The van der Waals surface area contributed by atoms with E-state index in [9.17, 15) is 8.42 Å². The van der Waals surface area contributed by atoms with Gasteiger partial charge in [-0.05, 0) is 19.8 Å². The molecule has 1 fully saturated rings. The Morgan fingerprint density at radius 2 is 2.00 bits per heavy atom. The van der Waals surface area contributed by atoms with Crippen molar-refractivity contribution in [3.05, 3.63) is 15.6 Å². The van der Waals surface area contributed by atoms with E-state index < -0.39 is 15.1 Å². The molecule has 0 amide bonds. The van der Waals surface area contributed by atoms with Crippen LogP contribution in [0.25, 0.3) is 0 Å². The van der Waals surface area contributed by atoms with E-state index in [1.807, 2.05) is 0 Å². The highest BCUT2D eigenvalue weighted by molar-refractivity contribution is 7.91. The van der Waals surface area contributed by atoms with Gasteiger partial charge in [-0.1, -0.05) is 13.8 Å². The van der Waals surface area contributed by atoms with E-state index in [-0.39, 0.29) is 0 Å². The maximum Gasteiger partial charge on any atom is 0.156 e. The van der Waals surface area contributed by atoms with E-state index in [2.05, 4.69) is 24.1 Å². The molecule has 0 spiro atoms. The zero-order valence-corrected chi connectivity index (χ0v) is 13.6. The summed E-state index contributed by atoms with van der Waals surface area (Å²) in [5, 5.41) is 3.64. The molecule has 2 rings (SSSR count). The van der Waals surface area contributed by atoms with Crippen molar-refractivity contribution in [1.82, 2.24) is 10.3 Å². The summed E-state index contributed by atoms with van der Waals surface area (Å²) in [6.45, 7) is 6.73. The van der Waals surface area contributed by atoms with Gasteiger partial charge in [-0.25, -0.2) is 13.4 Å². The van der Waals surface area contributed by atoms with Crippen molar-refractivity contribution in [1.29, 1.82) is 0 Å². The molecule has 1 aromatic rings. The summed E-state index contributed by atoms with van der Waals surface area (Å²) in [6.07, 6.45) is 3.65. The fourth-order valence-corrected chi connectivity index (χ4v) is 3.96. The Hall–Kier alpha value is -0.460. The molecule has 0 aromatic carbocycles. The van der Waals surface area contributed by atoms with Crippen LogP contribution < -0.4 is 5.32 Å². The van der Waals surface area contributed by atoms with Crippen LogP contribution in [0.4, 0.5) is 0 Å². The largest absolute Gasteiger partial charge is 0.310 e. The number of nitrogens with one attached hydrogen (secondary N) is 1. The molecule has 1 aliphatic rings. The van der Waals surface area contributed by atoms with Crippen molar-refractivity contribution < 1.29 is 8.42 Å². The Bertz CT molecular complexity index is 545. The highest BCUT2D eigenvalue weighted by atomic mass is 32.2. The third-order valence-electron chi connectivity index (χ3n) is 3.37. The zero-order valence-electron chi connectivity index (χ0n) is 11.9. The van der Waals surface area contributed by atoms with Gasteiger partial charge in [0.05, 0.1) is 5.69 Å². The molecular weight excluding hydrogens is 280 g/mol. The van der Waals surface area contributed by atoms with E-state index in [0.29, 0.717) is 12.0 Å². The topological polar surface area (TPSA) is 59.1 Å². The molecule has 1 aliphatic carbocycles. The standard InChI is InChI=1S/C13H22N2O2S2/c1-8(2)14-7-11-12(10-5-6-10)15-13(18-11)9(3)19(4,16)17/h8-10,14H,5-7H2,1-4H3. The normalized spacial score (nSPS) is 17.9. The van der Waals surface area contributed by atoms with Gasteiger partial charge in [-0.15, -0.1) is 11.3 Å². The molecule has 0 bridgehead atoms. The molecule has 1 aromatic heterocycles. The summed E-state index contributed by atoms with van der Waals surface area (Å²) in [5.74, 6) is 0.556. The van der Waals surface area contributed by atoms with Gasteiger partial charge in [-0.3, -0.25) is 0 Å². The van der Waals surface area contributed by atoms with Crippen LogP contribution in [0.3, 0.4) is 0 Å². The molecule has 6 heteroatoms. The second-order valence-corrected chi connectivity index (χ2v) is 9.12. The van der Waals surface area contributed by atoms with E-state index in [1.165, 1.54) is 24.0 Å². The van der Waals surface area contributed by atoms with Gasteiger partial charge in [0, 0.05) is 29.6 Å². The number of thiazole rings is 1. The maximum atomic E-state index is 11.7. The fourth-order valence-electron chi connectivity index (χ4n) is 1.84. The fraction of sp³-hybridized carbons (Fsp3) is 0.769. The predicted molar refractivity (Wildman–Crippen MR) is 79.3 cm³/mol. The summed E-state index contributed by atoms with van der Waals surface area (Å²) in [6, 6.07) is 0.421. The third kappa shape index (κ3) is 3.77. The van der Waals surface area contributed by atoms with Crippen molar-refractivity contribution in [3.63, 3.8) is 0 Å². The highest BCUT2D eigenvalue weighted by Gasteiger charge is 2.31. The lowest BCUT2D eigenvalue weighted by atomic mass is 10.2. The minimum absolute atomic E-state index is 0.421. The van der Waals surface area contributed by atoms with Gasteiger partial charge >= 0.3 is 0 Å². The Morgan fingerprint density at radius 1 is 1.37 bits per heavy atom.